The summed E-state index contributed by atoms with van der Waals surface area (Å²) in [6, 6.07) is 2.65. The van der Waals surface area contributed by atoms with E-state index in [4.69, 9.17) is 16.3 Å². The van der Waals surface area contributed by atoms with Gasteiger partial charge < -0.3 is 15.4 Å². The van der Waals surface area contributed by atoms with Crippen LogP contribution >= 0.6 is 11.6 Å². The van der Waals surface area contributed by atoms with Gasteiger partial charge in [0.25, 0.3) is 0 Å². The summed E-state index contributed by atoms with van der Waals surface area (Å²) in [6.45, 7) is 0.487. The number of carbonyl (C=O) groups excluding carboxylic acids is 1. The van der Waals surface area contributed by atoms with Crippen molar-refractivity contribution in [1.29, 1.82) is 0 Å². The Balaban J connectivity index is 2.14. The van der Waals surface area contributed by atoms with E-state index < -0.39 is 23.7 Å². The van der Waals surface area contributed by atoms with Crippen molar-refractivity contribution in [2.45, 2.75) is 24.7 Å². The van der Waals surface area contributed by atoms with Crippen molar-refractivity contribution in [3.8, 4) is 0 Å². The Labute approximate surface area is 124 Å². The highest BCUT2D eigenvalue weighted by atomic mass is 35.5. The Morgan fingerprint density at radius 1 is 1.48 bits per heavy atom. The number of nitrogens with one attached hydrogen (secondary N) is 2. The van der Waals surface area contributed by atoms with Gasteiger partial charge in [-0.3, -0.25) is 4.79 Å². The molecule has 4 nitrogen and oxygen atoms in total. The molecule has 116 valence electrons. The van der Waals surface area contributed by atoms with E-state index in [2.05, 4.69) is 10.6 Å². The molecule has 0 bridgehead atoms. The topological polar surface area (TPSA) is 50.4 Å². The largest absolute Gasteiger partial charge is 0.418 e. The fourth-order valence-electron chi connectivity index (χ4n) is 2.16. The second-order valence-corrected chi connectivity index (χ2v) is 5.17. The second kappa shape index (κ2) is 6.21. The predicted octanol–water partition coefficient (Wildman–Crippen LogP) is 2.67. The molecule has 1 aromatic carbocycles. The average Bonchev–Trinajstić information content (AvgIpc) is 2.88. The summed E-state index contributed by atoms with van der Waals surface area (Å²) in [7, 11) is 1.52. The van der Waals surface area contributed by atoms with Crippen molar-refractivity contribution in [2.75, 3.05) is 19.0 Å². The van der Waals surface area contributed by atoms with Crippen LogP contribution in [0.15, 0.2) is 18.2 Å². The number of ether oxygens (including phenoxy) is 1. The summed E-state index contributed by atoms with van der Waals surface area (Å²) >= 11 is 5.58. The van der Waals surface area contributed by atoms with Gasteiger partial charge in [-0.2, -0.15) is 13.2 Å². The van der Waals surface area contributed by atoms with Gasteiger partial charge in [0, 0.05) is 18.7 Å². The first-order valence-electron chi connectivity index (χ1n) is 6.25. The van der Waals surface area contributed by atoms with E-state index >= 15 is 0 Å². The van der Waals surface area contributed by atoms with Crippen LogP contribution in [0.4, 0.5) is 18.9 Å². The highest BCUT2D eigenvalue weighted by Crippen LogP contribution is 2.36. The van der Waals surface area contributed by atoms with Gasteiger partial charge in [-0.1, -0.05) is 11.6 Å². The lowest BCUT2D eigenvalue weighted by Gasteiger charge is -2.16. The molecule has 1 amide bonds. The number of amides is 1. The van der Waals surface area contributed by atoms with Gasteiger partial charge in [0.15, 0.2) is 0 Å². The molecule has 1 aromatic rings. The van der Waals surface area contributed by atoms with Crippen LogP contribution in [0, 0.1) is 0 Å². The van der Waals surface area contributed by atoms with Crippen LogP contribution in [0.5, 0.6) is 0 Å². The lowest BCUT2D eigenvalue weighted by Crippen LogP contribution is -2.36. The first kappa shape index (κ1) is 16.1. The Hall–Kier alpha value is -1.31. The van der Waals surface area contributed by atoms with Gasteiger partial charge in [-0.05, 0) is 24.6 Å². The molecule has 0 aromatic heterocycles. The van der Waals surface area contributed by atoms with Gasteiger partial charge in [0.2, 0.25) is 5.91 Å². The first-order chi connectivity index (χ1) is 9.81. The molecule has 2 rings (SSSR count). The maximum atomic E-state index is 12.9. The molecule has 8 heteroatoms. The molecule has 0 spiro atoms. The van der Waals surface area contributed by atoms with Crippen molar-refractivity contribution in [3.63, 3.8) is 0 Å². The van der Waals surface area contributed by atoms with Crippen LogP contribution < -0.4 is 10.6 Å². The molecule has 1 aliphatic heterocycles. The van der Waals surface area contributed by atoms with Crippen LogP contribution in [0.3, 0.4) is 0 Å². The quantitative estimate of drug-likeness (QED) is 0.899. The molecule has 1 fully saturated rings. The van der Waals surface area contributed by atoms with Crippen LogP contribution in [-0.2, 0) is 15.7 Å². The maximum Gasteiger partial charge on any atom is 0.418 e. The van der Waals surface area contributed by atoms with Crippen LogP contribution in [-0.4, -0.2) is 31.7 Å². The molecule has 2 atom stereocenters. The van der Waals surface area contributed by atoms with Crippen LogP contribution in [0.25, 0.3) is 0 Å². The van der Waals surface area contributed by atoms with Crippen LogP contribution in [0.2, 0.25) is 5.02 Å². The highest BCUT2D eigenvalue weighted by molar-refractivity contribution is 6.30. The van der Waals surface area contributed by atoms with Gasteiger partial charge in [0.05, 0.1) is 23.4 Å². The van der Waals surface area contributed by atoms with Gasteiger partial charge in [-0.25, -0.2) is 0 Å². The molecule has 0 aliphatic carbocycles. The molecule has 0 radical (unpaired) electrons. The molecule has 2 unspecified atom stereocenters. The SMILES string of the molecule is COC1CNC(C(=O)Nc2ccc(Cl)cc2C(F)(F)F)C1. The zero-order valence-electron chi connectivity index (χ0n) is 11.1. The Kier molecular flexibility index (Phi) is 4.75. The molecule has 2 N–H and O–H groups in total. The van der Waals surface area contributed by atoms with E-state index in [1.165, 1.54) is 13.2 Å². The number of carbonyl (C=O) groups is 1. The molecule has 1 aliphatic rings. The molecular weight excluding hydrogens is 309 g/mol. The summed E-state index contributed by atoms with van der Waals surface area (Å²) in [5.41, 5.74) is -1.27. The number of methoxy groups -OCH3 is 1. The van der Waals surface area contributed by atoms with E-state index in [0.29, 0.717) is 13.0 Å². The number of benzene rings is 1. The summed E-state index contributed by atoms with van der Waals surface area (Å²) < 4.78 is 43.9. The minimum atomic E-state index is -4.59. The predicted molar refractivity (Wildman–Crippen MR) is 72.3 cm³/mol. The Bertz CT molecular complexity index is 537. The molecule has 0 saturated carbocycles. The fraction of sp³-hybridized carbons (Fsp3) is 0.462. The fourth-order valence-corrected chi connectivity index (χ4v) is 2.33. The Morgan fingerprint density at radius 3 is 2.76 bits per heavy atom. The zero-order chi connectivity index (χ0) is 15.6. The maximum absolute atomic E-state index is 12.9. The van der Waals surface area contributed by atoms with E-state index in [1.54, 1.807) is 0 Å². The first-order valence-corrected chi connectivity index (χ1v) is 6.63. The van der Waals surface area contributed by atoms with Gasteiger partial charge in [0.1, 0.15) is 0 Å². The summed E-state index contributed by atoms with van der Waals surface area (Å²) in [6.07, 6.45) is -4.30. The van der Waals surface area contributed by atoms with Crippen molar-refractivity contribution < 1.29 is 22.7 Å². The molecular formula is C13H14ClF3N2O2. The minimum Gasteiger partial charge on any atom is -0.380 e. The van der Waals surface area contributed by atoms with E-state index in [-0.39, 0.29) is 16.8 Å². The van der Waals surface area contributed by atoms with Crippen LogP contribution in [0.1, 0.15) is 12.0 Å². The third-order valence-electron chi connectivity index (χ3n) is 3.29. The van der Waals surface area contributed by atoms with Gasteiger partial charge in [-0.15, -0.1) is 0 Å². The summed E-state index contributed by atoms with van der Waals surface area (Å²) in [5, 5.41) is 5.16. The van der Waals surface area contributed by atoms with Crippen molar-refractivity contribution in [3.05, 3.63) is 28.8 Å². The standard InChI is InChI=1S/C13H14ClF3N2O2/c1-21-8-5-11(18-6-8)12(20)19-10-3-2-7(14)4-9(10)13(15,16)17/h2-4,8,11,18H,5-6H2,1H3,(H,19,20). The zero-order valence-corrected chi connectivity index (χ0v) is 11.9. The van der Waals surface area contributed by atoms with Gasteiger partial charge >= 0.3 is 6.18 Å². The van der Waals surface area contributed by atoms with E-state index in [1.807, 2.05) is 0 Å². The van der Waals surface area contributed by atoms with Crippen molar-refractivity contribution >= 4 is 23.2 Å². The number of halogens is 4. The van der Waals surface area contributed by atoms with E-state index in [9.17, 15) is 18.0 Å². The minimum absolute atomic E-state index is 0.0428. The number of rotatable bonds is 3. The summed E-state index contributed by atoms with van der Waals surface area (Å²) in [4.78, 5) is 12.0. The van der Waals surface area contributed by atoms with E-state index in [0.717, 1.165) is 12.1 Å². The molecule has 1 saturated heterocycles. The molecule has 1 heterocycles. The monoisotopic (exact) mass is 322 g/mol. The summed E-state index contributed by atoms with van der Waals surface area (Å²) in [5.74, 6) is -0.526. The number of alkyl halides is 3. The second-order valence-electron chi connectivity index (χ2n) is 4.73. The molecule has 21 heavy (non-hydrogen) atoms. The number of hydrogen-bond acceptors (Lipinski definition) is 3. The lowest BCUT2D eigenvalue weighted by molar-refractivity contribution is -0.137. The highest BCUT2D eigenvalue weighted by Gasteiger charge is 2.35. The third-order valence-corrected chi connectivity index (χ3v) is 3.52. The van der Waals surface area contributed by atoms with Crippen molar-refractivity contribution in [2.24, 2.45) is 0 Å². The smallest absolute Gasteiger partial charge is 0.380 e. The van der Waals surface area contributed by atoms with Crippen molar-refractivity contribution in [1.82, 2.24) is 5.32 Å². The average molecular weight is 323 g/mol. The third kappa shape index (κ3) is 3.87. The Morgan fingerprint density at radius 2 is 2.19 bits per heavy atom. The normalized spacial score (nSPS) is 22.3. The number of anilines is 1. The lowest BCUT2D eigenvalue weighted by atomic mass is 10.1. The number of hydrogen-bond donors (Lipinski definition) is 2.